The average Bonchev–Trinajstić information content (AvgIpc) is 2.80. The van der Waals surface area contributed by atoms with Crippen molar-refractivity contribution in [3.8, 4) is 5.75 Å². The number of carbonyl (C=O) groups excluding carboxylic acids is 2. The standard InChI is InChI=1S/C25H39ClN4O4/c1-25(2,3)24(32)30-10-6-16(7-11-30)14-29-9-8-20(22(15-29)34-5)28-23(31)17-12-18(26)19(27)13-21(17)33-4/h12-13,16,20,22H,6-11,14-15,27H2,1-5H3,(H,28,31)/t20-,22+/m1/s1. The third-order valence-electron chi connectivity index (χ3n) is 6.89. The number of piperidine rings is 2. The molecule has 1 aromatic rings. The van der Waals surface area contributed by atoms with Gasteiger partial charge < -0.3 is 30.3 Å². The summed E-state index contributed by atoms with van der Waals surface area (Å²) in [6.45, 7) is 10.2. The van der Waals surface area contributed by atoms with Gasteiger partial charge in [0.1, 0.15) is 5.75 Å². The zero-order chi connectivity index (χ0) is 25.0. The monoisotopic (exact) mass is 494 g/mol. The van der Waals surface area contributed by atoms with E-state index in [9.17, 15) is 9.59 Å². The van der Waals surface area contributed by atoms with Crippen molar-refractivity contribution in [2.75, 3.05) is 52.7 Å². The van der Waals surface area contributed by atoms with E-state index >= 15 is 0 Å². The summed E-state index contributed by atoms with van der Waals surface area (Å²) in [5.41, 5.74) is 6.24. The normalized spacial score (nSPS) is 22.5. The van der Waals surface area contributed by atoms with E-state index in [0.29, 0.717) is 27.9 Å². The predicted octanol–water partition coefficient (Wildman–Crippen LogP) is 3.03. The first-order valence-electron chi connectivity index (χ1n) is 12.0. The molecule has 2 fully saturated rings. The summed E-state index contributed by atoms with van der Waals surface area (Å²) >= 11 is 6.13. The molecule has 2 amide bonds. The van der Waals surface area contributed by atoms with E-state index in [4.69, 9.17) is 26.8 Å². The van der Waals surface area contributed by atoms with E-state index in [2.05, 4.69) is 10.2 Å². The first-order chi connectivity index (χ1) is 16.0. The van der Waals surface area contributed by atoms with Crippen molar-refractivity contribution in [3.63, 3.8) is 0 Å². The quantitative estimate of drug-likeness (QED) is 0.590. The van der Waals surface area contributed by atoms with Gasteiger partial charge in [-0.1, -0.05) is 32.4 Å². The van der Waals surface area contributed by atoms with Gasteiger partial charge in [-0.15, -0.1) is 0 Å². The summed E-state index contributed by atoms with van der Waals surface area (Å²) in [5.74, 6) is 0.937. The van der Waals surface area contributed by atoms with Crippen molar-refractivity contribution in [1.29, 1.82) is 0 Å². The van der Waals surface area contributed by atoms with E-state index in [0.717, 1.165) is 52.0 Å². The van der Waals surface area contributed by atoms with Crippen LogP contribution in [0.1, 0.15) is 50.4 Å². The molecule has 190 valence electrons. The van der Waals surface area contributed by atoms with E-state index in [1.165, 1.54) is 7.11 Å². The fourth-order valence-corrected chi connectivity index (χ4v) is 5.03. The Morgan fingerprint density at radius 1 is 1.15 bits per heavy atom. The van der Waals surface area contributed by atoms with Gasteiger partial charge in [-0.2, -0.15) is 0 Å². The predicted molar refractivity (Wildman–Crippen MR) is 134 cm³/mol. The number of rotatable bonds is 6. The number of carbonyl (C=O) groups is 2. The topological polar surface area (TPSA) is 97.1 Å². The van der Waals surface area contributed by atoms with E-state index < -0.39 is 0 Å². The second-order valence-corrected chi connectivity index (χ2v) is 10.9. The molecule has 2 aliphatic rings. The van der Waals surface area contributed by atoms with Crippen LogP contribution in [0.5, 0.6) is 5.75 Å². The average molecular weight is 495 g/mol. The molecule has 9 heteroatoms. The second-order valence-electron chi connectivity index (χ2n) is 10.5. The molecule has 0 aromatic heterocycles. The van der Waals surface area contributed by atoms with Crippen LogP contribution in [0.25, 0.3) is 0 Å². The molecule has 0 aliphatic carbocycles. The number of nitrogens with one attached hydrogen (secondary N) is 1. The number of likely N-dealkylation sites (tertiary alicyclic amines) is 2. The number of nitrogen functional groups attached to an aromatic ring is 1. The van der Waals surface area contributed by atoms with Crippen LogP contribution in [-0.4, -0.2) is 80.7 Å². The van der Waals surface area contributed by atoms with Crippen molar-refractivity contribution in [3.05, 3.63) is 22.7 Å². The number of hydrogen-bond donors (Lipinski definition) is 2. The number of methoxy groups -OCH3 is 2. The first kappa shape index (κ1) is 26.6. The maximum atomic E-state index is 13.0. The lowest BCUT2D eigenvalue weighted by atomic mass is 9.90. The third kappa shape index (κ3) is 6.34. The number of nitrogens with zero attached hydrogens (tertiary/aromatic N) is 2. The smallest absolute Gasteiger partial charge is 0.255 e. The minimum Gasteiger partial charge on any atom is -0.496 e. The molecule has 0 spiro atoms. The number of anilines is 1. The van der Waals surface area contributed by atoms with Crippen LogP contribution in [0, 0.1) is 11.3 Å². The second kappa shape index (κ2) is 11.1. The van der Waals surface area contributed by atoms with Crippen molar-refractivity contribution in [1.82, 2.24) is 15.1 Å². The Balaban J connectivity index is 1.53. The third-order valence-corrected chi connectivity index (χ3v) is 7.21. The van der Waals surface area contributed by atoms with Gasteiger partial charge in [0.15, 0.2) is 0 Å². The zero-order valence-electron chi connectivity index (χ0n) is 21.0. The molecule has 2 atom stereocenters. The van der Waals surface area contributed by atoms with Gasteiger partial charge in [0.25, 0.3) is 5.91 Å². The molecule has 34 heavy (non-hydrogen) atoms. The van der Waals surface area contributed by atoms with Crippen LogP contribution in [0.2, 0.25) is 5.02 Å². The Morgan fingerprint density at radius 3 is 2.41 bits per heavy atom. The number of amides is 2. The molecule has 2 aliphatic heterocycles. The van der Waals surface area contributed by atoms with Crippen LogP contribution in [-0.2, 0) is 9.53 Å². The van der Waals surface area contributed by atoms with Gasteiger partial charge in [0.2, 0.25) is 5.91 Å². The minimum atomic E-state index is -0.327. The van der Waals surface area contributed by atoms with Crippen molar-refractivity contribution < 1.29 is 19.1 Å². The number of halogens is 1. The largest absolute Gasteiger partial charge is 0.496 e. The molecule has 0 bridgehead atoms. The number of ether oxygens (including phenoxy) is 2. The SMILES string of the molecule is COc1cc(N)c(Cl)cc1C(=O)N[C@@H]1CCN(CC2CCN(C(=O)C(C)(C)C)CC2)C[C@@H]1OC. The molecular formula is C25H39ClN4O4. The van der Waals surface area contributed by atoms with Crippen LogP contribution in [0.4, 0.5) is 5.69 Å². The molecular weight excluding hydrogens is 456 g/mol. The molecule has 1 aromatic carbocycles. The van der Waals surface area contributed by atoms with Gasteiger partial charge in [-0.25, -0.2) is 0 Å². The van der Waals surface area contributed by atoms with Gasteiger partial charge in [-0.3, -0.25) is 9.59 Å². The molecule has 3 N–H and O–H groups in total. The number of benzene rings is 1. The fraction of sp³-hybridized carbons (Fsp3) is 0.680. The van der Waals surface area contributed by atoms with E-state index in [-0.39, 0.29) is 29.4 Å². The van der Waals surface area contributed by atoms with Gasteiger partial charge in [-0.05, 0) is 31.2 Å². The van der Waals surface area contributed by atoms with Crippen molar-refractivity contribution in [2.24, 2.45) is 11.3 Å². The molecule has 0 saturated carbocycles. The van der Waals surface area contributed by atoms with Gasteiger partial charge in [0, 0.05) is 51.3 Å². The maximum absolute atomic E-state index is 13.0. The maximum Gasteiger partial charge on any atom is 0.255 e. The lowest BCUT2D eigenvalue weighted by molar-refractivity contribution is -0.141. The molecule has 2 saturated heterocycles. The molecule has 0 unspecified atom stereocenters. The highest BCUT2D eigenvalue weighted by Gasteiger charge is 2.34. The van der Waals surface area contributed by atoms with Crippen LogP contribution < -0.4 is 15.8 Å². The van der Waals surface area contributed by atoms with Crippen molar-refractivity contribution in [2.45, 2.75) is 52.2 Å². The first-order valence-corrected chi connectivity index (χ1v) is 12.4. The molecule has 0 radical (unpaired) electrons. The van der Waals surface area contributed by atoms with Gasteiger partial charge in [0.05, 0.1) is 35.5 Å². The summed E-state index contributed by atoms with van der Waals surface area (Å²) in [4.78, 5) is 30.0. The van der Waals surface area contributed by atoms with Crippen molar-refractivity contribution >= 4 is 29.1 Å². The molecule has 3 rings (SSSR count). The summed E-state index contributed by atoms with van der Waals surface area (Å²) in [6, 6.07) is 2.99. The highest BCUT2D eigenvalue weighted by atomic mass is 35.5. The summed E-state index contributed by atoms with van der Waals surface area (Å²) < 4.78 is 11.1. The Bertz CT molecular complexity index is 880. The Hall–Kier alpha value is -2.03. The Kier molecular flexibility index (Phi) is 8.71. The molecule has 8 nitrogen and oxygen atoms in total. The zero-order valence-corrected chi connectivity index (χ0v) is 21.8. The number of nitrogens with two attached hydrogens (primary N) is 1. The van der Waals surface area contributed by atoms with E-state index in [1.807, 2.05) is 25.7 Å². The highest BCUT2D eigenvalue weighted by Crippen LogP contribution is 2.29. The lowest BCUT2D eigenvalue weighted by Crippen LogP contribution is -2.56. The van der Waals surface area contributed by atoms with Gasteiger partial charge >= 0.3 is 0 Å². The Morgan fingerprint density at radius 2 is 1.82 bits per heavy atom. The fourth-order valence-electron chi connectivity index (χ4n) is 4.87. The van der Waals surface area contributed by atoms with Crippen LogP contribution in [0.3, 0.4) is 0 Å². The van der Waals surface area contributed by atoms with E-state index in [1.54, 1.807) is 19.2 Å². The van der Waals surface area contributed by atoms with Crippen LogP contribution in [0.15, 0.2) is 12.1 Å². The Labute approximate surface area is 208 Å². The summed E-state index contributed by atoms with van der Waals surface area (Å²) in [5, 5.41) is 3.42. The summed E-state index contributed by atoms with van der Waals surface area (Å²) in [7, 11) is 3.18. The lowest BCUT2D eigenvalue weighted by Gasteiger charge is -2.41. The highest BCUT2D eigenvalue weighted by molar-refractivity contribution is 6.33. The minimum absolute atomic E-state index is 0.110. The number of hydrogen-bond acceptors (Lipinski definition) is 6. The van der Waals surface area contributed by atoms with Crippen LogP contribution >= 0.6 is 11.6 Å². The molecule has 2 heterocycles. The summed E-state index contributed by atoms with van der Waals surface area (Å²) in [6.07, 6.45) is 2.72.